The monoisotopic (exact) mass is 441 g/mol. The molecule has 6 heteroatoms. The molecule has 3 aromatic rings. The summed E-state index contributed by atoms with van der Waals surface area (Å²) in [4.78, 5) is 12.4. The summed E-state index contributed by atoms with van der Waals surface area (Å²) < 4.78 is 22.1. The van der Waals surface area contributed by atoms with Crippen molar-refractivity contribution in [3.63, 3.8) is 0 Å². The van der Waals surface area contributed by atoms with Crippen LogP contribution in [0.15, 0.2) is 42.4 Å². The molecule has 5 nitrogen and oxygen atoms in total. The summed E-state index contributed by atoms with van der Waals surface area (Å²) in [5.74, 6) is 0.747. The molecule has 174 valence electrons. The second-order valence-corrected chi connectivity index (χ2v) is 7.81. The van der Waals surface area contributed by atoms with Crippen molar-refractivity contribution in [1.82, 2.24) is 14.8 Å². The van der Waals surface area contributed by atoms with Crippen LogP contribution in [-0.4, -0.2) is 28.7 Å². The van der Waals surface area contributed by atoms with Gasteiger partial charge in [-0.15, -0.1) is 0 Å². The Labute approximate surface area is 191 Å². The van der Waals surface area contributed by atoms with Crippen LogP contribution in [0.3, 0.4) is 0 Å². The summed E-state index contributed by atoms with van der Waals surface area (Å²) in [6.07, 6.45) is 8.25. The van der Waals surface area contributed by atoms with Gasteiger partial charge in [0.25, 0.3) is 0 Å². The number of carbonyl (C=O) groups excluding carboxylic acids is 1. The van der Waals surface area contributed by atoms with E-state index in [1.54, 1.807) is 7.11 Å². The lowest BCUT2D eigenvalue weighted by atomic mass is 9.95. The Bertz CT molecular complexity index is 1110. The first-order chi connectivity index (χ1) is 15.4. The Balaban J connectivity index is 0.000000841. The van der Waals surface area contributed by atoms with Crippen LogP contribution < -0.4 is 4.74 Å². The third-order valence-electron chi connectivity index (χ3n) is 5.51. The minimum absolute atomic E-state index is 0. The normalized spacial score (nSPS) is 13.8. The number of rotatable bonds is 4. The summed E-state index contributed by atoms with van der Waals surface area (Å²) in [7, 11) is 1.67. The van der Waals surface area contributed by atoms with Gasteiger partial charge < -0.3 is 9.53 Å². The molecule has 2 heterocycles. The fraction of sp³-hybridized carbons (Fsp3) is 0.385. The molecule has 1 aromatic carbocycles. The fourth-order valence-electron chi connectivity index (χ4n) is 3.76. The molecule has 0 bridgehead atoms. The van der Waals surface area contributed by atoms with Crippen LogP contribution in [-0.2, 0) is 4.79 Å². The van der Waals surface area contributed by atoms with E-state index < -0.39 is 0 Å². The molecule has 0 amide bonds. The number of allylic oxidation sites excluding steroid dienone is 4. The highest BCUT2D eigenvalue weighted by Crippen LogP contribution is 2.36. The van der Waals surface area contributed by atoms with Gasteiger partial charge in [0.2, 0.25) is 0 Å². The van der Waals surface area contributed by atoms with Gasteiger partial charge in [0.1, 0.15) is 18.4 Å². The van der Waals surface area contributed by atoms with Crippen molar-refractivity contribution in [3.8, 4) is 5.75 Å². The molecule has 0 aliphatic heterocycles. The second kappa shape index (κ2) is 11.5. The van der Waals surface area contributed by atoms with Crippen molar-refractivity contribution < 1.29 is 15.3 Å². The number of hydrogen-bond donors (Lipinski definition) is 1. The van der Waals surface area contributed by atoms with E-state index >= 15 is 0 Å². The van der Waals surface area contributed by atoms with Crippen molar-refractivity contribution >= 4 is 23.4 Å². The number of fused-ring (bicyclic) bond motifs is 1. The number of ether oxygens (including phenoxy) is 1. The van der Waals surface area contributed by atoms with Crippen LogP contribution in [0.5, 0.6) is 5.75 Å². The minimum atomic E-state index is -0.0498. The first-order valence-electron chi connectivity index (χ1n) is 11.0. The van der Waals surface area contributed by atoms with E-state index in [4.69, 9.17) is 9.53 Å². The number of hydrogen-bond acceptors (Lipinski definition) is 3. The third kappa shape index (κ3) is 5.01. The molecule has 1 aliphatic carbocycles. The Morgan fingerprint density at radius 3 is 2.62 bits per heavy atom. The zero-order chi connectivity index (χ0) is 23.8. The molecular weight excluding hydrogens is 405 g/mol. The summed E-state index contributed by atoms with van der Waals surface area (Å²) in [5, 5.41) is 3.36. The van der Waals surface area contributed by atoms with Gasteiger partial charge in [-0.3, -0.25) is 14.8 Å². The summed E-state index contributed by atoms with van der Waals surface area (Å²) in [6.45, 7) is 12.5. The summed E-state index contributed by atoms with van der Waals surface area (Å²) in [5.41, 5.74) is 6.95. The van der Waals surface area contributed by atoms with E-state index in [2.05, 4.69) is 42.5 Å². The van der Waals surface area contributed by atoms with Gasteiger partial charge in [-0.25, -0.2) is 4.39 Å². The van der Waals surface area contributed by atoms with Crippen LogP contribution in [0.25, 0.3) is 16.6 Å². The van der Waals surface area contributed by atoms with Crippen LogP contribution in [0.2, 0.25) is 0 Å². The Kier molecular flexibility index (Phi) is 9.00. The van der Waals surface area contributed by atoms with Crippen molar-refractivity contribution in [2.75, 3.05) is 7.11 Å². The molecule has 2 aromatic heterocycles. The first-order valence-corrected chi connectivity index (χ1v) is 11.0. The molecule has 32 heavy (non-hydrogen) atoms. The number of nitrogens with one attached hydrogen (secondary N) is 1. The standard InChI is InChI=1S/C22H24FN3O.C3H8.CH2O.H2/c1-13-14(2)24-12-20-22(13)26(25-20)15(3)18-11-16(9-10-21(18)27-4)17-7-5-6-8-19(17)23;1-3-2;1-2;/h5,7,9-12,15,25H,6,8H2,1-4H3;3H2,1-2H3;1H2;1H/t15-;;;/m0.../s1. The van der Waals surface area contributed by atoms with Crippen LogP contribution in [0, 0.1) is 13.8 Å². The Morgan fingerprint density at radius 2 is 2.00 bits per heavy atom. The number of carbonyl (C=O) groups is 1. The van der Waals surface area contributed by atoms with Gasteiger partial charge in [-0.05, 0) is 50.5 Å². The molecule has 0 saturated carbocycles. The van der Waals surface area contributed by atoms with E-state index in [0.29, 0.717) is 12.0 Å². The smallest absolute Gasteiger partial charge is 0.124 e. The predicted octanol–water partition coefficient (Wildman–Crippen LogP) is 7.11. The maximum atomic E-state index is 14.3. The number of aryl methyl sites for hydroxylation is 2. The Hall–Kier alpha value is -3.15. The van der Waals surface area contributed by atoms with Crippen molar-refractivity contribution in [2.24, 2.45) is 0 Å². The molecule has 1 aliphatic rings. The van der Waals surface area contributed by atoms with Gasteiger partial charge >= 0.3 is 0 Å². The zero-order valence-electron chi connectivity index (χ0n) is 20.0. The number of methoxy groups -OCH3 is 1. The quantitative estimate of drug-likeness (QED) is 0.469. The molecule has 0 radical (unpaired) electrons. The molecule has 1 N–H and O–H groups in total. The number of nitrogens with zero attached hydrogens (tertiary/aromatic N) is 2. The lowest BCUT2D eigenvalue weighted by Crippen LogP contribution is -2.19. The van der Waals surface area contributed by atoms with Gasteiger partial charge in [0.05, 0.1) is 30.4 Å². The molecule has 0 unspecified atom stereocenters. The second-order valence-electron chi connectivity index (χ2n) is 7.81. The number of halogens is 1. The van der Waals surface area contributed by atoms with Crippen molar-refractivity contribution in [3.05, 3.63) is 64.8 Å². The maximum Gasteiger partial charge on any atom is 0.124 e. The minimum Gasteiger partial charge on any atom is -0.496 e. The molecule has 4 rings (SSSR count). The number of aromatic nitrogens is 3. The number of pyridine rings is 1. The predicted molar refractivity (Wildman–Crippen MR) is 132 cm³/mol. The van der Waals surface area contributed by atoms with E-state index in [1.165, 1.54) is 6.42 Å². The fourth-order valence-corrected chi connectivity index (χ4v) is 3.76. The highest BCUT2D eigenvalue weighted by atomic mass is 19.1. The topological polar surface area (TPSA) is 59.9 Å². The average Bonchev–Trinajstić information content (AvgIpc) is 2.79. The number of benzene rings is 1. The number of aromatic amines is 1. The van der Waals surface area contributed by atoms with Crippen LogP contribution in [0.1, 0.15) is 69.9 Å². The molecule has 0 spiro atoms. The van der Waals surface area contributed by atoms with Crippen LogP contribution in [0.4, 0.5) is 4.39 Å². The lowest BCUT2D eigenvalue weighted by molar-refractivity contribution is -0.0979. The summed E-state index contributed by atoms with van der Waals surface area (Å²) in [6, 6.07) is 5.91. The third-order valence-corrected chi connectivity index (χ3v) is 5.51. The molecule has 1 atom stereocenters. The largest absolute Gasteiger partial charge is 0.496 e. The summed E-state index contributed by atoms with van der Waals surface area (Å²) >= 11 is 0. The zero-order valence-corrected chi connectivity index (χ0v) is 20.0. The lowest BCUT2D eigenvalue weighted by Gasteiger charge is -2.26. The Morgan fingerprint density at radius 1 is 1.31 bits per heavy atom. The molecular formula is C26H36FN3O2. The highest BCUT2D eigenvalue weighted by Gasteiger charge is 2.21. The van der Waals surface area contributed by atoms with Gasteiger partial charge in [0, 0.05) is 24.7 Å². The SMILES string of the molecule is C=O.CCC.COc1ccc(C2=C(F)CCC=C2)cc1[C@H](C)n1[nH]c2cnc(C)c(C)c21.[HH]. The maximum absolute atomic E-state index is 14.3. The van der Waals surface area contributed by atoms with E-state index in [1.807, 2.05) is 50.3 Å². The average molecular weight is 442 g/mol. The molecule has 0 fully saturated rings. The van der Waals surface area contributed by atoms with E-state index in [9.17, 15) is 4.39 Å². The van der Waals surface area contributed by atoms with Gasteiger partial charge in [0.15, 0.2) is 0 Å². The van der Waals surface area contributed by atoms with Gasteiger partial charge in [-0.1, -0.05) is 38.5 Å². The van der Waals surface area contributed by atoms with Gasteiger partial charge in [-0.2, -0.15) is 0 Å². The van der Waals surface area contributed by atoms with Crippen LogP contribution >= 0.6 is 0 Å². The van der Waals surface area contributed by atoms with Crippen molar-refractivity contribution in [2.45, 2.75) is 59.9 Å². The highest BCUT2D eigenvalue weighted by molar-refractivity contribution is 5.81. The van der Waals surface area contributed by atoms with E-state index in [-0.39, 0.29) is 13.3 Å². The van der Waals surface area contributed by atoms with E-state index in [0.717, 1.165) is 45.6 Å². The molecule has 0 saturated heterocycles. The van der Waals surface area contributed by atoms with Crippen molar-refractivity contribution in [1.29, 1.82) is 0 Å². The first kappa shape index (κ1) is 25.1. The number of H-pyrrole nitrogens is 1.